The van der Waals surface area contributed by atoms with Crippen molar-refractivity contribution in [3.8, 4) is 0 Å². The summed E-state index contributed by atoms with van der Waals surface area (Å²) in [5, 5.41) is 0. The third-order valence-electron chi connectivity index (χ3n) is 5.42. The van der Waals surface area contributed by atoms with Gasteiger partial charge in [0.15, 0.2) is 0 Å². The predicted molar refractivity (Wildman–Crippen MR) is 101 cm³/mol. The van der Waals surface area contributed by atoms with Crippen molar-refractivity contribution in [3.63, 3.8) is 0 Å². The average molecular weight is 345 g/mol. The SMILES string of the molecule is Cc1cccc(N2CCN(CC(=O)N3C[C@H](C)O[C@@H](C)C3)CC2)c1C. The number of aryl methyl sites for hydroxylation is 1. The Balaban J connectivity index is 1.52. The number of amides is 1. The minimum Gasteiger partial charge on any atom is -0.372 e. The van der Waals surface area contributed by atoms with Crippen molar-refractivity contribution < 1.29 is 9.53 Å². The van der Waals surface area contributed by atoms with E-state index in [4.69, 9.17) is 4.74 Å². The molecule has 2 atom stereocenters. The lowest BCUT2D eigenvalue weighted by Crippen LogP contribution is -2.54. The van der Waals surface area contributed by atoms with Crippen molar-refractivity contribution >= 4 is 11.6 Å². The van der Waals surface area contributed by atoms with Crippen molar-refractivity contribution in [2.24, 2.45) is 0 Å². The van der Waals surface area contributed by atoms with Gasteiger partial charge in [-0.3, -0.25) is 9.69 Å². The summed E-state index contributed by atoms with van der Waals surface area (Å²) in [5.74, 6) is 0.238. The summed E-state index contributed by atoms with van der Waals surface area (Å²) >= 11 is 0. The fourth-order valence-electron chi connectivity index (χ4n) is 3.90. The molecule has 0 bridgehead atoms. The summed E-state index contributed by atoms with van der Waals surface area (Å²) in [5.41, 5.74) is 4.04. The van der Waals surface area contributed by atoms with E-state index in [2.05, 4.69) is 41.8 Å². The Morgan fingerprint density at radius 2 is 1.72 bits per heavy atom. The van der Waals surface area contributed by atoms with Crippen molar-refractivity contribution in [1.29, 1.82) is 0 Å². The molecule has 138 valence electrons. The predicted octanol–water partition coefficient (Wildman–Crippen LogP) is 2.06. The van der Waals surface area contributed by atoms with Crippen LogP contribution in [-0.2, 0) is 9.53 Å². The van der Waals surface area contributed by atoms with Gasteiger partial charge in [0.05, 0.1) is 18.8 Å². The number of benzene rings is 1. The molecule has 1 aromatic rings. The molecule has 2 saturated heterocycles. The molecule has 0 N–H and O–H groups in total. The van der Waals surface area contributed by atoms with Crippen LogP contribution in [0.1, 0.15) is 25.0 Å². The van der Waals surface area contributed by atoms with Gasteiger partial charge in [-0.2, -0.15) is 0 Å². The zero-order valence-corrected chi connectivity index (χ0v) is 16.0. The van der Waals surface area contributed by atoms with Crippen molar-refractivity contribution in [2.75, 3.05) is 50.7 Å². The zero-order chi connectivity index (χ0) is 18.0. The van der Waals surface area contributed by atoms with Gasteiger partial charge in [-0.05, 0) is 44.9 Å². The van der Waals surface area contributed by atoms with Crippen LogP contribution in [0.25, 0.3) is 0 Å². The molecule has 2 aliphatic heterocycles. The molecule has 0 radical (unpaired) electrons. The van der Waals surface area contributed by atoms with Crippen LogP contribution < -0.4 is 4.90 Å². The summed E-state index contributed by atoms with van der Waals surface area (Å²) in [6.45, 7) is 14.2. The second kappa shape index (κ2) is 7.75. The first-order chi connectivity index (χ1) is 11.9. The third kappa shape index (κ3) is 4.33. The van der Waals surface area contributed by atoms with Crippen molar-refractivity contribution in [1.82, 2.24) is 9.80 Å². The smallest absolute Gasteiger partial charge is 0.236 e. The van der Waals surface area contributed by atoms with Crippen LogP contribution in [0.5, 0.6) is 0 Å². The number of rotatable bonds is 3. The van der Waals surface area contributed by atoms with Gasteiger partial charge < -0.3 is 14.5 Å². The molecule has 2 heterocycles. The van der Waals surface area contributed by atoms with Gasteiger partial charge >= 0.3 is 0 Å². The second-order valence-electron chi connectivity index (χ2n) is 7.54. The van der Waals surface area contributed by atoms with Gasteiger partial charge in [-0.15, -0.1) is 0 Å². The Morgan fingerprint density at radius 1 is 1.08 bits per heavy atom. The first-order valence-electron chi connectivity index (χ1n) is 9.41. The van der Waals surface area contributed by atoms with E-state index in [0.717, 1.165) is 26.2 Å². The van der Waals surface area contributed by atoms with E-state index in [1.165, 1.54) is 16.8 Å². The molecular weight excluding hydrogens is 314 g/mol. The quantitative estimate of drug-likeness (QED) is 0.840. The van der Waals surface area contributed by atoms with Crippen LogP contribution in [0.2, 0.25) is 0 Å². The van der Waals surface area contributed by atoms with Crippen LogP contribution in [0.15, 0.2) is 18.2 Å². The molecule has 5 heteroatoms. The maximum atomic E-state index is 12.6. The molecule has 0 aliphatic carbocycles. The third-order valence-corrected chi connectivity index (χ3v) is 5.42. The molecule has 5 nitrogen and oxygen atoms in total. The van der Waals surface area contributed by atoms with Crippen LogP contribution >= 0.6 is 0 Å². The minimum atomic E-state index is 0.133. The lowest BCUT2D eigenvalue weighted by atomic mass is 10.1. The molecule has 0 unspecified atom stereocenters. The van der Waals surface area contributed by atoms with Gasteiger partial charge in [0.2, 0.25) is 5.91 Å². The monoisotopic (exact) mass is 345 g/mol. The van der Waals surface area contributed by atoms with E-state index >= 15 is 0 Å². The van der Waals surface area contributed by atoms with Crippen molar-refractivity contribution in [3.05, 3.63) is 29.3 Å². The molecule has 0 aromatic heterocycles. The minimum absolute atomic E-state index is 0.133. The molecule has 3 rings (SSSR count). The van der Waals surface area contributed by atoms with Gasteiger partial charge in [0.25, 0.3) is 0 Å². The fraction of sp³-hybridized carbons (Fsp3) is 0.650. The second-order valence-corrected chi connectivity index (χ2v) is 7.54. The number of hydrogen-bond donors (Lipinski definition) is 0. The standard InChI is InChI=1S/C20H31N3O2/c1-15-6-5-7-19(18(15)4)22-10-8-21(9-11-22)14-20(24)23-12-16(2)25-17(3)13-23/h5-7,16-17H,8-14H2,1-4H3/t16-,17-/m0/s1. The summed E-state index contributed by atoms with van der Waals surface area (Å²) in [7, 11) is 0. The molecule has 1 aromatic carbocycles. The molecule has 2 aliphatic rings. The lowest BCUT2D eigenvalue weighted by Gasteiger charge is -2.39. The molecule has 25 heavy (non-hydrogen) atoms. The summed E-state index contributed by atoms with van der Waals surface area (Å²) in [4.78, 5) is 19.3. The molecule has 2 fully saturated rings. The van der Waals surface area contributed by atoms with Gasteiger partial charge in [0, 0.05) is 45.0 Å². The number of piperazine rings is 1. The summed E-state index contributed by atoms with van der Waals surface area (Å²) in [6, 6.07) is 6.51. The van der Waals surface area contributed by atoms with E-state index < -0.39 is 0 Å². The maximum Gasteiger partial charge on any atom is 0.236 e. The molecule has 1 amide bonds. The highest BCUT2D eigenvalue weighted by molar-refractivity contribution is 5.78. The van der Waals surface area contributed by atoms with Crippen LogP contribution in [0, 0.1) is 13.8 Å². The Morgan fingerprint density at radius 3 is 2.36 bits per heavy atom. The van der Waals surface area contributed by atoms with Gasteiger partial charge in [-0.25, -0.2) is 0 Å². The van der Waals surface area contributed by atoms with Gasteiger partial charge in [0.1, 0.15) is 0 Å². The zero-order valence-electron chi connectivity index (χ0n) is 16.0. The van der Waals surface area contributed by atoms with Crippen LogP contribution in [0.3, 0.4) is 0 Å². The number of morpholine rings is 1. The first-order valence-corrected chi connectivity index (χ1v) is 9.41. The Labute approximate surface area is 151 Å². The van der Waals surface area contributed by atoms with E-state index in [1.54, 1.807) is 0 Å². The van der Waals surface area contributed by atoms with Crippen molar-refractivity contribution in [2.45, 2.75) is 39.9 Å². The van der Waals surface area contributed by atoms with E-state index in [-0.39, 0.29) is 18.1 Å². The van der Waals surface area contributed by atoms with Crippen LogP contribution in [-0.4, -0.2) is 73.7 Å². The number of ether oxygens (including phenoxy) is 1. The highest BCUT2D eigenvalue weighted by Crippen LogP contribution is 2.24. The summed E-state index contributed by atoms with van der Waals surface area (Å²) in [6.07, 6.45) is 0.266. The number of anilines is 1. The topological polar surface area (TPSA) is 36.0 Å². The highest BCUT2D eigenvalue weighted by atomic mass is 16.5. The molecular formula is C20H31N3O2. The largest absolute Gasteiger partial charge is 0.372 e. The fourth-order valence-corrected chi connectivity index (χ4v) is 3.90. The number of hydrogen-bond acceptors (Lipinski definition) is 4. The molecule has 0 saturated carbocycles. The van der Waals surface area contributed by atoms with E-state index in [0.29, 0.717) is 19.6 Å². The number of carbonyl (C=O) groups is 1. The highest BCUT2D eigenvalue weighted by Gasteiger charge is 2.28. The lowest BCUT2D eigenvalue weighted by molar-refractivity contribution is -0.144. The Hall–Kier alpha value is -1.59. The van der Waals surface area contributed by atoms with E-state index in [9.17, 15) is 4.79 Å². The average Bonchev–Trinajstić information content (AvgIpc) is 2.57. The first kappa shape index (κ1) is 18.2. The molecule has 0 spiro atoms. The number of nitrogens with zero attached hydrogens (tertiary/aromatic N) is 3. The Bertz CT molecular complexity index is 601. The maximum absolute atomic E-state index is 12.6. The number of carbonyl (C=O) groups excluding carboxylic acids is 1. The Kier molecular flexibility index (Phi) is 5.64. The van der Waals surface area contributed by atoms with Gasteiger partial charge in [-0.1, -0.05) is 12.1 Å². The van der Waals surface area contributed by atoms with Crippen LogP contribution in [0.4, 0.5) is 5.69 Å². The summed E-state index contributed by atoms with van der Waals surface area (Å²) < 4.78 is 5.73. The van der Waals surface area contributed by atoms with E-state index in [1.807, 2.05) is 18.7 Å². The normalized spacial score (nSPS) is 25.3.